The van der Waals surface area contributed by atoms with Crippen LogP contribution in [0.25, 0.3) is 0 Å². The fourth-order valence-electron chi connectivity index (χ4n) is 3.48. The van der Waals surface area contributed by atoms with Crippen LogP contribution in [0.4, 0.5) is 5.82 Å². The molecule has 3 rings (SSSR count). The number of nitrogens with one attached hydrogen (secondary N) is 1. The van der Waals surface area contributed by atoms with Crippen molar-refractivity contribution in [1.29, 1.82) is 0 Å². The molecule has 0 aromatic carbocycles. The summed E-state index contributed by atoms with van der Waals surface area (Å²) in [6.45, 7) is 4.72. The summed E-state index contributed by atoms with van der Waals surface area (Å²) in [6, 6.07) is 3.41. The second-order valence-electron chi connectivity index (χ2n) is 5.78. The maximum atomic E-state index is 4.38. The van der Waals surface area contributed by atoms with E-state index >= 15 is 0 Å². The molecular weight excluding hydrogens is 236 g/mol. The van der Waals surface area contributed by atoms with Crippen molar-refractivity contribution in [2.24, 2.45) is 0 Å². The maximum absolute atomic E-state index is 4.38. The van der Waals surface area contributed by atoms with Gasteiger partial charge in [0.05, 0.1) is 0 Å². The molecule has 0 bridgehead atoms. The van der Waals surface area contributed by atoms with Gasteiger partial charge < -0.3 is 5.32 Å². The first-order valence-corrected chi connectivity index (χ1v) is 7.68. The van der Waals surface area contributed by atoms with Gasteiger partial charge in [0.25, 0.3) is 0 Å². The third kappa shape index (κ3) is 2.89. The molecule has 4 heteroatoms. The Morgan fingerprint density at radius 1 is 1.26 bits per heavy atom. The van der Waals surface area contributed by atoms with Crippen LogP contribution < -0.4 is 5.32 Å². The molecule has 2 aliphatic rings. The van der Waals surface area contributed by atoms with Gasteiger partial charge in [-0.15, -0.1) is 0 Å². The molecule has 0 amide bonds. The van der Waals surface area contributed by atoms with Gasteiger partial charge in [-0.2, -0.15) is 0 Å². The number of hydrogen-bond acceptors (Lipinski definition) is 4. The zero-order valence-corrected chi connectivity index (χ0v) is 11.8. The maximum Gasteiger partial charge on any atom is 0.129 e. The lowest BCUT2D eigenvalue weighted by atomic mass is 9.99. The van der Waals surface area contributed by atoms with E-state index in [9.17, 15) is 0 Å². The van der Waals surface area contributed by atoms with Crippen molar-refractivity contribution < 1.29 is 0 Å². The zero-order valence-electron chi connectivity index (χ0n) is 11.8. The third-order valence-electron chi connectivity index (χ3n) is 4.42. The van der Waals surface area contributed by atoms with Crippen molar-refractivity contribution in [2.45, 2.75) is 57.5 Å². The Morgan fingerprint density at radius 3 is 3.11 bits per heavy atom. The van der Waals surface area contributed by atoms with Crippen LogP contribution in [-0.2, 0) is 6.42 Å². The molecule has 2 atom stereocenters. The standard InChI is InChI=1S/C15H24N4/c1-2-5-12-10-15(17-11-16-12)18-13-7-9-19-8-4-3-6-14(13)19/h10-11,13-14H,2-9H2,1H3,(H,16,17,18). The van der Waals surface area contributed by atoms with E-state index in [1.54, 1.807) is 6.33 Å². The van der Waals surface area contributed by atoms with Gasteiger partial charge in [-0.05, 0) is 32.2 Å². The average Bonchev–Trinajstić information content (AvgIpc) is 2.83. The second-order valence-corrected chi connectivity index (χ2v) is 5.78. The molecule has 2 unspecified atom stereocenters. The van der Waals surface area contributed by atoms with E-state index in [-0.39, 0.29) is 0 Å². The van der Waals surface area contributed by atoms with Crippen LogP contribution in [-0.4, -0.2) is 40.0 Å². The van der Waals surface area contributed by atoms with Gasteiger partial charge in [-0.1, -0.05) is 19.8 Å². The molecule has 0 aliphatic carbocycles. The summed E-state index contributed by atoms with van der Waals surface area (Å²) < 4.78 is 0. The van der Waals surface area contributed by atoms with Gasteiger partial charge in [0.1, 0.15) is 12.1 Å². The number of piperidine rings is 1. The summed E-state index contributed by atoms with van der Waals surface area (Å²) >= 11 is 0. The molecule has 1 N–H and O–H groups in total. The summed E-state index contributed by atoms with van der Waals surface area (Å²) in [6.07, 6.45) is 9.21. The van der Waals surface area contributed by atoms with Gasteiger partial charge >= 0.3 is 0 Å². The molecule has 1 aromatic heterocycles. The van der Waals surface area contributed by atoms with Crippen LogP contribution >= 0.6 is 0 Å². The fourth-order valence-corrected chi connectivity index (χ4v) is 3.48. The number of aromatic nitrogens is 2. The van der Waals surface area contributed by atoms with Crippen molar-refractivity contribution in [2.75, 3.05) is 18.4 Å². The Balaban J connectivity index is 1.66. The van der Waals surface area contributed by atoms with Crippen molar-refractivity contribution in [3.05, 3.63) is 18.1 Å². The van der Waals surface area contributed by atoms with E-state index in [0.29, 0.717) is 6.04 Å². The molecule has 104 valence electrons. The Bertz CT molecular complexity index is 420. The topological polar surface area (TPSA) is 41.0 Å². The lowest BCUT2D eigenvalue weighted by Crippen LogP contribution is -2.41. The van der Waals surface area contributed by atoms with Crippen LogP contribution in [0.1, 0.15) is 44.7 Å². The van der Waals surface area contributed by atoms with E-state index in [1.165, 1.54) is 38.8 Å². The van der Waals surface area contributed by atoms with Crippen LogP contribution in [0.3, 0.4) is 0 Å². The molecule has 4 nitrogen and oxygen atoms in total. The van der Waals surface area contributed by atoms with Crippen molar-refractivity contribution in [3.8, 4) is 0 Å². The Labute approximate surface area is 115 Å². The van der Waals surface area contributed by atoms with Gasteiger partial charge in [-0.25, -0.2) is 9.97 Å². The van der Waals surface area contributed by atoms with E-state index in [2.05, 4.69) is 33.2 Å². The monoisotopic (exact) mass is 260 g/mol. The predicted octanol–water partition coefficient (Wildman–Crippen LogP) is 2.47. The van der Waals surface area contributed by atoms with E-state index in [4.69, 9.17) is 0 Å². The summed E-state index contributed by atoms with van der Waals surface area (Å²) in [5, 5.41) is 3.65. The lowest BCUT2D eigenvalue weighted by Gasteiger charge is -2.32. The minimum absolute atomic E-state index is 0.574. The molecule has 2 saturated heterocycles. The normalized spacial score (nSPS) is 27.2. The average molecular weight is 260 g/mol. The zero-order chi connectivity index (χ0) is 13.1. The van der Waals surface area contributed by atoms with Crippen LogP contribution in [0, 0.1) is 0 Å². The van der Waals surface area contributed by atoms with Gasteiger partial charge in [0.2, 0.25) is 0 Å². The van der Waals surface area contributed by atoms with Gasteiger partial charge in [0.15, 0.2) is 0 Å². The first-order valence-electron chi connectivity index (χ1n) is 7.68. The van der Waals surface area contributed by atoms with Gasteiger partial charge in [-0.3, -0.25) is 4.90 Å². The second kappa shape index (κ2) is 5.87. The fraction of sp³-hybridized carbons (Fsp3) is 0.733. The Hall–Kier alpha value is -1.16. The SMILES string of the molecule is CCCc1cc(NC2CCN3CCCCC23)ncn1. The molecule has 0 spiro atoms. The number of nitrogens with zero attached hydrogens (tertiary/aromatic N) is 3. The summed E-state index contributed by atoms with van der Waals surface area (Å²) in [4.78, 5) is 11.4. The van der Waals surface area contributed by atoms with Crippen LogP contribution in [0.5, 0.6) is 0 Å². The smallest absolute Gasteiger partial charge is 0.129 e. The summed E-state index contributed by atoms with van der Waals surface area (Å²) in [7, 11) is 0. The molecule has 2 aliphatic heterocycles. The predicted molar refractivity (Wildman–Crippen MR) is 77.3 cm³/mol. The number of hydrogen-bond donors (Lipinski definition) is 1. The van der Waals surface area contributed by atoms with Crippen LogP contribution in [0.15, 0.2) is 12.4 Å². The number of rotatable bonds is 4. The largest absolute Gasteiger partial charge is 0.366 e. The van der Waals surface area contributed by atoms with Crippen molar-refractivity contribution in [1.82, 2.24) is 14.9 Å². The minimum atomic E-state index is 0.574. The molecule has 19 heavy (non-hydrogen) atoms. The number of fused-ring (bicyclic) bond motifs is 1. The van der Waals surface area contributed by atoms with E-state index in [0.717, 1.165) is 30.4 Å². The highest BCUT2D eigenvalue weighted by Crippen LogP contribution is 2.28. The Kier molecular flexibility index (Phi) is 3.97. The molecule has 0 saturated carbocycles. The highest BCUT2D eigenvalue weighted by molar-refractivity contribution is 5.37. The molecular formula is C15H24N4. The minimum Gasteiger partial charge on any atom is -0.366 e. The summed E-state index contributed by atoms with van der Waals surface area (Å²) in [5.41, 5.74) is 1.15. The quantitative estimate of drug-likeness (QED) is 0.903. The Morgan fingerprint density at radius 2 is 2.21 bits per heavy atom. The van der Waals surface area contributed by atoms with Crippen molar-refractivity contribution >= 4 is 5.82 Å². The van der Waals surface area contributed by atoms with E-state index in [1.807, 2.05) is 0 Å². The highest BCUT2D eigenvalue weighted by Gasteiger charge is 2.35. The van der Waals surface area contributed by atoms with E-state index < -0.39 is 0 Å². The molecule has 0 radical (unpaired) electrons. The molecule has 2 fully saturated rings. The van der Waals surface area contributed by atoms with Crippen molar-refractivity contribution in [3.63, 3.8) is 0 Å². The number of anilines is 1. The first-order chi connectivity index (χ1) is 9.36. The van der Waals surface area contributed by atoms with Crippen LogP contribution in [0.2, 0.25) is 0 Å². The molecule has 3 heterocycles. The first kappa shape index (κ1) is 12.9. The number of aryl methyl sites for hydroxylation is 1. The van der Waals surface area contributed by atoms with Gasteiger partial charge in [0, 0.05) is 30.4 Å². The lowest BCUT2D eigenvalue weighted by molar-refractivity contribution is 0.192. The highest BCUT2D eigenvalue weighted by atomic mass is 15.2. The molecule has 1 aromatic rings. The third-order valence-corrected chi connectivity index (χ3v) is 4.42. The summed E-state index contributed by atoms with van der Waals surface area (Å²) in [5.74, 6) is 1.01.